The molecule has 0 spiro atoms. The van der Waals surface area contributed by atoms with Gasteiger partial charge < -0.3 is 14.2 Å². The monoisotopic (exact) mass is 1110 g/mol. The zero-order chi connectivity index (χ0) is 47.5. The minimum atomic E-state index is -4.52. The zero-order valence-electron chi connectivity index (χ0n) is 34.3. The number of alkyl halides is 12. The van der Waals surface area contributed by atoms with Gasteiger partial charge in [-0.05, 0) is 75.5 Å². The molecular weight excluding hydrogens is 1070 g/mol. The Morgan fingerprint density at radius 2 is 0.955 bits per heavy atom. The SMILES string of the molecule is Cc1c(C)[n+](-c2cccc(C(F)(F)F)c2)[c-]n1-c1[c-]ccc(C(F)(F)F)c1.Cc1c(C)[n+](-c2cccc(C(F)(F)F)c2)[c-]n1-c1[c-]ccc(C(F)(F)F)c1.[Ir].c1ccc(-c2nnn[n-]2)nc1. The standard InChI is InChI=1S/2C19H13F6N2.C6H4N5.Ir/c2*1-12-13(2)27(17-8-4-6-15(10-17)19(23,24)25)11-26(12)16-7-3-5-14(9-16)18(20,21)22;1-2-4-7-5(3-1)6-8-10-11-9-6;/h2*3-7,9-10H,1-2H3;1-4H;/q3*-1;. The van der Waals surface area contributed by atoms with E-state index in [-0.39, 0.29) is 42.9 Å². The van der Waals surface area contributed by atoms with Gasteiger partial charge >= 0.3 is 24.7 Å². The van der Waals surface area contributed by atoms with E-state index in [4.69, 9.17) is 0 Å². The average molecular weight is 1100 g/mol. The fourth-order valence-electron chi connectivity index (χ4n) is 6.02. The number of imidazole rings is 2. The Hall–Kier alpha value is -6.67. The zero-order valence-corrected chi connectivity index (χ0v) is 36.7. The summed E-state index contributed by atoms with van der Waals surface area (Å²) in [6.07, 6.45) is -10.8. The van der Waals surface area contributed by atoms with Gasteiger partial charge in [-0.15, -0.1) is 12.1 Å². The molecule has 347 valence electrons. The molecule has 22 heteroatoms. The number of nitrogens with zero attached hydrogens (tertiary/aromatic N) is 9. The number of hydrogen-bond donors (Lipinski definition) is 0. The molecule has 8 rings (SSSR count). The summed E-state index contributed by atoms with van der Waals surface area (Å²) < 4.78 is 161. The molecular formula is C44H30F12IrN9-3. The van der Waals surface area contributed by atoms with Crippen molar-refractivity contribution in [1.29, 1.82) is 0 Å². The van der Waals surface area contributed by atoms with Gasteiger partial charge in [-0.25, -0.2) is 0 Å². The van der Waals surface area contributed by atoms with E-state index in [0.717, 1.165) is 60.7 Å². The van der Waals surface area contributed by atoms with Gasteiger partial charge in [0.15, 0.2) is 0 Å². The van der Waals surface area contributed by atoms with E-state index < -0.39 is 47.0 Å². The number of tetrazole rings is 1. The molecule has 4 aromatic heterocycles. The largest absolute Gasteiger partial charge is 0.415 e. The van der Waals surface area contributed by atoms with Crippen LogP contribution >= 0.6 is 0 Å². The van der Waals surface area contributed by atoms with Crippen molar-refractivity contribution in [2.24, 2.45) is 0 Å². The second kappa shape index (κ2) is 19.8. The smallest absolute Gasteiger partial charge is 0.329 e. The van der Waals surface area contributed by atoms with E-state index in [0.29, 0.717) is 34.3 Å². The summed E-state index contributed by atoms with van der Waals surface area (Å²) in [5.74, 6) is 0.464. The molecule has 9 nitrogen and oxygen atoms in total. The van der Waals surface area contributed by atoms with Crippen molar-refractivity contribution < 1.29 is 81.9 Å². The van der Waals surface area contributed by atoms with Crippen LogP contribution in [-0.4, -0.2) is 29.6 Å². The topological polar surface area (TPSA) is 83.3 Å². The molecule has 0 bridgehead atoms. The number of pyridine rings is 1. The van der Waals surface area contributed by atoms with Gasteiger partial charge in [0.2, 0.25) is 0 Å². The molecule has 0 N–H and O–H groups in total. The first-order valence-electron chi connectivity index (χ1n) is 18.6. The predicted octanol–water partition coefficient (Wildman–Crippen LogP) is 9.91. The Morgan fingerprint density at radius 3 is 1.32 bits per heavy atom. The third-order valence-electron chi connectivity index (χ3n) is 9.57. The van der Waals surface area contributed by atoms with Crippen LogP contribution in [0.2, 0.25) is 0 Å². The summed E-state index contributed by atoms with van der Waals surface area (Å²) in [6, 6.07) is 26.1. The Labute approximate surface area is 381 Å². The molecule has 66 heavy (non-hydrogen) atoms. The third-order valence-corrected chi connectivity index (χ3v) is 9.57. The van der Waals surface area contributed by atoms with Crippen molar-refractivity contribution in [1.82, 2.24) is 34.7 Å². The molecule has 4 heterocycles. The Balaban J connectivity index is 0.000000199. The van der Waals surface area contributed by atoms with Crippen LogP contribution in [-0.2, 0) is 44.8 Å². The summed E-state index contributed by atoms with van der Waals surface area (Å²) >= 11 is 0. The Bertz CT molecular complexity index is 2570. The first-order valence-corrected chi connectivity index (χ1v) is 18.6. The molecule has 0 atom stereocenters. The maximum atomic E-state index is 13.0. The van der Waals surface area contributed by atoms with Gasteiger partial charge in [0.1, 0.15) is 0 Å². The van der Waals surface area contributed by atoms with Crippen molar-refractivity contribution >= 4 is 0 Å². The Kier molecular flexibility index (Phi) is 15.1. The number of benzene rings is 4. The third kappa shape index (κ3) is 11.8. The average Bonchev–Trinajstić information content (AvgIpc) is 3.99. The summed E-state index contributed by atoms with van der Waals surface area (Å²) in [4.78, 5) is 4.02. The number of hydrogen-bond acceptors (Lipinski definition) is 4. The van der Waals surface area contributed by atoms with E-state index in [1.807, 2.05) is 12.1 Å². The van der Waals surface area contributed by atoms with Gasteiger partial charge in [0.05, 0.1) is 45.4 Å². The van der Waals surface area contributed by atoms with E-state index in [1.54, 1.807) is 40.0 Å². The molecule has 0 saturated carbocycles. The quantitative estimate of drug-likeness (QED) is 0.0975. The molecule has 0 fully saturated rings. The minimum absolute atomic E-state index is 0. The summed E-state index contributed by atoms with van der Waals surface area (Å²) in [6.45, 7) is 6.58. The van der Waals surface area contributed by atoms with Crippen LogP contribution < -0.4 is 14.2 Å². The first-order chi connectivity index (χ1) is 30.4. The predicted molar refractivity (Wildman–Crippen MR) is 205 cm³/mol. The van der Waals surface area contributed by atoms with E-state index in [1.165, 1.54) is 42.5 Å². The van der Waals surface area contributed by atoms with E-state index in [9.17, 15) is 52.7 Å². The Morgan fingerprint density at radius 1 is 0.530 bits per heavy atom. The summed E-state index contributed by atoms with van der Waals surface area (Å²) in [7, 11) is 0. The minimum Gasteiger partial charge on any atom is -0.329 e. The molecule has 0 saturated heterocycles. The van der Waals surface area contributed by atoms with Crippen molar-refractivity contribution in [3.8, 4) is 34.3 Å². The van der Waals surface area contributed by atoms with Gasteiger partial charge in [-0.2, -0.15) is 94.3 Å². The maximum absolute atomic E-state index is 13.0. The molecule has 8 aromatic rings. The van der Waals surface area contributed by atoms with Crippen molar-refractivity contribution in [2.75, 3.05) is 0 Å². The molecule has 0 amide bonds. The van der Waals surface area contributed by atoms with Crippen LogP contribution in [0.1, 0.15) is 45.0 Å². The van der Waals surface area contributed by atoms with Crippen molar-refractivity contribution in [3.05, 3.63) is 179 Å². The molecule has 4 aromatic carbocycles. The van der Waals surface area contributed by atoms with Crippen LogP contribution in [0, 0.1) is 52.5 Å². The summed E-state index contributed by atoms with van der Waals surface area (Å²) in [5, 5.41) is 14.0. The van der Waals surface area contributed by atoms with Crippen LogP contribution in [0.25, 0.3) is 34.3 Å². The van der Waals surface area contributed by atoms with Gasteiger partial charge in [0.25, 0.3) is 12.7 Å². The molecule has 0 aliphatic rings. The second-order valence-corrected chi connectivity index (χ2v) is 13.8. The number of rotatable bonds is 5. The molecule has 0 unspecified atom stereocenters. The van der Waals surface area contributed by atoms with Crippen LogP contribution in [0.5, 0.6) is 0 Å². The first kappa shape index (κ1) is 50.3. The molecule has 0 aliphatic heterocycles. The summed E-state index contributed by atoms with van der Waals surface area (Å²) in [5.41, 5.74) is 0.0954. The van der Waals surface area contributed by atoms with Crippen molar-refractivity contribution in [2.45, 2.75) is 52.4 Å². The number of aromatic nitrogens is 9. The van der Waals surface area contributed by atoms with Gasteiger partial charge in [0, 0.05) is 37.7 Å². The second-order valence-electron chi connectivity index (χ2n) is 13.8. The van der Waals surface area contributed by atoms with Crippen molar-refractivity contribution in [3.63, 3.8) is 0 Å². The number of halogens is 12. The fraction of sp³-hybridized carbons (Fsp3) is 0.182. The normalized spacial score (nSPS) is 11.8. The molecule has 1 radical (unpaired) electrons. The van der Waals surface area contributed by atoms with E-state index in [2.05, 4.69) is 50.4 Å². The molecule has 0 aliphatic carbocycles. The van der Waals surface area contributed by atoms with Crippen LogP contribution in [0.15, 0.2) is 109 Å². The van der Waals surface area contributed by atoms with Crippen LogP contribution in [0.4, 0.5) is 52.7 Å². The fourth-order valence-corrected chi connectivity index (χ4v) is 6.02. The van der Waals surface area contributed by atoms with Gasteiger partial charge in [-0.3, -0.25) is 24.4 Å². The van der Waals surface area contributed by atoms with Gasteiger partial charge in [-0.1, -0.05) is 41.5 Å². The van der Waals surface area contributed by atoms with E-state index >= 15 is 0 Å². The maximum Gasteiger partial charge on any atom is 0.415 e. The van der Waals surface area contributed by atoms with Crippen LogP contribution in [0.3, 0.4) is 0 Å².